The van der Waals surface area contributed by atoms with Crippen molar-refractivity contribution in [2.45, 2.75) is 44.2 Å². The predicted octanol–water partition coefficient (Wildman–Crippen LogP) is 3.96. The van der Waals surface area contributed by atoms with Crippen molar-refractivity contribution in [2.75, 3.05) is 25.6 Å². The second-order valence-electron chi connectivity index (χ2n) is 9.12. The molecule has 1 saturated heterocycles. The third kappa shape index (κ3) is 3.84. The van der Waals surface area contributed by atoms with E-state index in [4.69, 9.17) is 4.74 Å². The number of ether oxygens (including phenoxy) is 1. The average Bonchev–Trinajstić information content (AvgIpc) is 3.53. The first-order valence-corrected chi connectivity index (χ1v) is 11.7. The summed E-state index contributed by atoms with van der Waals surface area (Å²) in [5.41, 5.74) is 4.00. The number of methoxy groups -OCH3 is 1. The molecule has 2 aliphatic heterocycles. The molecule has 5 rings (SSSR count). The van der Waals surface area contributed by atoms with Gasteiger partial charge in [-0.2, -0.15) is 0 Å². The second-order valence-corrected chi connectivity index (χ2v) is 9.12. The highest BCUT2D eigenvalue weighted by molar-refractivity contribution is 5.80. The third-order valence-corrected chi connectivity index (χ3v) is 7.30. The minimum atomic E-state index is -0.0230. The van der Waals surface area contributed by atoms with E-state index in [1.54, 1.807) is 7.11 Å². The lowest BCUT2D eigenvalue weighted by molar-refractivity contribution is -0.136. The van der Waals surface area contributed by atoms with Gasteiger partial charge in [0.1, 0.15) is 5.75 Å². The summed E-state index contributed by atoms with van der Waals surface area (Å²) in [4.78, 5) is 15.5. The van der Waals surface area contributed by atoms with Gasteiger partial charge in [-0.25, -0.2) is 0 Å². The number of hydrogen-bond donors (Lipinski definition) is 2. The Hall–Kier alpha value is -2.97. The number of nitrogens with one attached hydrogen (secondary N) is 1. The normalized spacial score (nSPS) is 24.2. The summed E-state index contributed by atoms with van der Waals surface area (Å²) in [6.07, 6.45) is 5.24. The van der Waals surface area contributed by atoms with Crippen LogP contribution in [-0.2, 0) is 4.79 Å². The lowest BCUT2D eigenvalue weighted by atomic mass is 9.82. The molecule has 2 aromatic carbocycles. The van der Waals surface area contributed by atoms with Gasteiger partial charge in [0.25, 0.3) is 0 Å². The van der Waals surface area contributed by atoms with Gasteiger partial charge in [-0.1, -0.05) is 24.7 Å². The smallest absolute Gasteiger partial charge is 0.226 e. The Bertz CT molecular complexity index is 1050. The van der Waals surface area contributed by atoms with Crippen LogP contribution in [0.5, 0.6) is 5.75 Å². The average molecular weight is 431 g/mol. The standard InChI is InChI=1S/C27H30N2O3/c1-32-21-11-8-18(9-12-21)6-7-19-10-13-24-23(16-19)26-22(25(17-30)28-24)14-15-29(26)27(31)20-4-2-3-5-20/h8-13,16,20,22,25-26,28,30H,2-5,14-15,17H2,1H3/t22-,25-,26-/m1/s1. The van der Waals surface area contributed by atoms with Crippen molar-refractivity contribution in [3.63, 3.8) is 0 Å². The molecule has 0 radical (unpaired) electrons. The molecule has 0 aromatic heterocycles. The summed E-state index contributed by atoms with van der Waals surface area (Å²) in [5, 5.41) is 13.5. The first-order valence-electron chi connectivity index (χ1n) is 11.7. The molecule has 2 N–H and O–H groups in total. The number of fused-ring (bicyclic) bond motifs is 3. The maximum Gasteiger partial charge on any atom is 0.226 e. The van der Waals surface area contributed by atoms with Crippen LogP contribution in [0.1, 0.15) is 54.8 Å². The summed E-state index contributed by atoms with van der Waals surface area (Å²) in [6, 6.07) is 13.9. The number of nitrogens with zero attached hydrogens (tertiary/aromatic N) is 1. The van der Waals surface area contributed by atoms with Gasteiger partial charge in [0, 0.05) is 35.2 Å². The van der Waals surface area contributed by atoms with Crippen molar-refractivity contribution >= 4 is 11.6 Å². The summed E-state index contributed by atoms with van der Waals surface area (Å²) >= 11 is 0. The molecule has 166 valence electrons. The zero-order valence-electron chi connectivity index (χ0n) is 18.5. The van der Waals surface area contributed by atoms with Crippen LogP contribution in [0.15, 0.2) is 42.5 Å². The van der Waals surface area contributed by atoms with Gasteiger partial charge in [-0.3, -0.25) is 4.79 Å². The Balaban J connectivity index is 1.46. The molecule has 0 bridgehead atoms. The van der Waals surface area contributed by atoms with Crippen LogP contribution in [-0.4, -0.2) is 42.2 Å². The van der Waals surface area contributed by atoms with Gasteiger partial charge in [0.2, 0.25) is 5.91 Å². The van der Waals surface area contributed by atoms with Gasteiger partial charge < -0.3 is 20.1 Å². The van der Waals surface area contributed by atoms with Crippen molar-refractivity contribution in [3.05, 3.63) is 59.2 Å². The quantitative estimate of drug-likeness (QED) is 0.724. The number of carbonyl (C=O) groups is 1. The van der Waals surface area contributed by atoms with Crippen molar-refractivity contribution in [1.29, 1.82) is 0 Å². The van der Waals surface area contributed by atoms with Crippen LogP contribution < -0.4 is 10.1 Å². The molecular weight excluding hydrogens is 400 g/mol. The summed E-state index contributed by atoms with van der Waals surface area (Å²) < 4.78 is 5.21. The van der Waals surface area contributed by atoms with Crippen LogP contribution in [0.4, 0.5) is 5.69 Å². The molecule has 2 aromatic rings. The molecule has 5 heteroatoms. The van der Waals surface area contributed by atoms with E-state index in [2.05, 4.69) is 28.1 Å². The largest absolute Gasteiger partial charge is 0.497 e. The van der Waals surface area contributed by atoms with Crippen LogP contribution in [0.2, 0.25) is 0 Å². The molecule has 1 aliphatic carbocycles. The fourth-order valence-corrected chi connectivity index (χ4v) is 5.61. The molecule has 2 fully saturated rings. The lowest BCUT2D eigenvalue weighted by Gasteiger charge is -2.39. The molecule has 5 nitrogen and oxygen atoms in total. The number of aliphatic hydroxyl groups is 1. The first-order chi connectivity index (χ1) is 15.7. The zero-order chi connectivity index (χ0) is 22.1. The Morgan fingerprint density at radius 2 is 1.81 bits per heavy atom. The Morgan fingerprint density at radius 1 is 1.09 bits per heavy atom. The zero-order valence-corrected chi connectivity index (χ0v) is 18.5. The van der Waals surface area contributed by atoms with E-state index in [1.807, 2.05) is 36.4 Å². The van der Waals surface area contributed by atoms with Crippen LogP contribution in [0.25, 0.3) is 0 Å². The molecule has 1 amide bonds. The molecule has 3 atom stereocenters. The SMILES string of the molecule is COc1ccc(C#Cc2ccc3c(c2)[C@H]2[C@H](CCN2C(=O)C2CCCC2)[C@@H](CO)N3)cc1. The van der Waals surface area contributed by atoms with Crippen molar-refractivity contribution in [1.82, 2.24) is 4.90 Å². The van der Waals surface area contributed by atoms with E-state index in [9.17, 15) is 9.90 Å². The number of benzene rings is 2. The molecule has 2 heterocycles. The highest BCUT2D eigenvalue weighted by Crippen LogP contribution is 2.47. The van der Waals surface area contributed by atoms with Crippen molar-refractivity contribution in [2.24, 2.45) is 11.8 Å². The highest BCUT2D eigenvalue weighted by Gasteiger charge is 2.46. The Labute approximate surface area is 189 Å². The maximum atomic E-state index is 13.4. The van der Waals surface area contributed by atoms with Gasteiger partial charge >= 0.3 is 0 Å². The third-order valence-electron chi connectivity index (χ3n) is 7.30. The van der Waals surface area contributed by atoms with Gasteiger partial charge in [0.05, 0.1) is 25.8 Å². The van der Waals surface area contributed by atoms with Crippen molar-refractivity contribution in [3.8, 4) is 17.6 Å². The van der Waals surface area contributed by atoms with Gasteiger partial charge in [0.15, 0.2) is 0 Å². The lowest BCUT2D eigenvalue weighted by Crippen LogP contribution is -2.44. The van der Waals surface area contributed by atoms with Crippen LogP contribution >= 0.6 is 0 Å². The highest BCUT2D eigenvalue weighted by atomic mass is 16.5. The second kappa shape index (κ2) is 8.88. The minimum absolute atomic E-state index is 0.0132. The predicted molar refractivity (Wildman–Crippen MR) is 124 cm³/mol. The molecule has 3 aliphatic rings. The fourth-order valence-electron chi connectivity index (χ4n) is 5.61. The molecule has 1 saturated carbocycles. The maximum absolute atomic E-state index is 13.4. The molecule has 32 heavy (non-hydrogen) atoms. The van der Waals surface area contributed by atoms with Crippen LogP contribution in [0, 0.1) is 23.7 Å². The number of carbonyl (C=O) groups excluding carboxylic acids is 1. The van der Waals surface area contributed by atoms with Crippen molar-refractivity contribution < 1.29 is 14.6 Å². The summed E-state index contributed by atoms with van der Waals surface area (Å²) in [5.74, 6) is 8.01. The molecule has 0 spiro atoms. The van der Waals surface area contributed by atoms with E-state index in [0.29, 0.717) is 5.91 Å². The van der Waals surface area contributed by atoms with E-state index in [0.717, 1.165) is 66.8 Å². The Morgan fingerprint density at radius 3 is 2.53 bits per heavy atom. The number of aliphatic hydroxyl groups excluding tert-OH is 1. The topological polar surface area (TPSA) is 61.8 Å². The van der Waals surface area contributed by atoms with Gasteiger partial charge in [-0.15, -0.1) is 0 Å². The van der Waals surface area contributed by atoms with E-state index in [1.165, 1.54) is 0 Å². The number of amides is 1. The van der Waals surface area contributed by atoms with Gasteiger partial charge in [-0.05, 0) is 67.3 Å². The first kappa shape index (κ1) is 20.9. The number of anilines is 1. The summed E-state index contributed by atoms with van der Waals surface area (Å²) in [7, 11) is 1.65. The number of likely N-dealkylation sites (tertiary alicyclic amines) is 1. The minimum Gasteiger partial charge on any atom is -0.497 e. The van der Waals surface area contributed by atoms with Crippen LogP contribution in [0.3, 0.4) is 0 Å². The summed E-state index contributed by atoms with van der Waals surface area (Å²) in [6.45, 7) is 0.842. The van der Waals surface area contributed by atoms with E-state index < -0.39 is 0 Å². The number of rotatable bonds is 3. The fraction of sp³-hybridized carbons (Fsp3) is 0.444. The van der Waals surface area contributed by atoms with E-state index >= 15 is 0 Å². The monoisotopic (exact) mass is 430 g/mol. The Kier molecular flexibility index (Phi) is 5.80. The van der Waals surface area contributed by atoms with E-state index in [-0.39, 0.29) is 30.5 Å². The number of hydrogen-bond acceptors (Lipinski definition) is 4. The molecule has 0 unspecified atom stereocenters. The molecular formula is C27H30N2O3.